The zero-order valence-corrected chi connectivity index (χ0v) is 15.8. The summed E-state index contributed by atoms with van der Waals surface area (Å²) in [6.07, 6.45) is 4.64. The van der Waals surface area contributed by atoms with Gasteiger partial charge in [-0.25, -0.2) is 8.42 Å². The van der Waals surface area contributed by atoms with Crippen LogP contribution in [0.5, 0.6) is 5.75 Å². The summed E-state index contributed by atoms with van der Waals surface area (Å²) in [4.78, 5) is 8.95. The highest BCUT2D eigenvalue weighted by Crippen LogP contribution is 2.22. The minimum Gasteiger partial charge on any atom is -0.492 e. The Hall–Kier alpha value is -2.19. The van der Waals surface area contributed by atoms with E-state index in [-0.39, 0.29) is 4.90 Å². The van der Waals surface area contributed by atoms with Gasteiger partial charge in [-0.3, -0.25) is 9.97 Å². The van der Waals surface area contributed by atoms with Crippen molar-refractivity contribution in [3.05, 3.63) is 53.3 Å². The van der Waals surface area contributed by atoms with E-state index in [4.69, 9.17) is 4.74 Å². The second-order valence-electron chi connectivity index (χ2n) is 5.40. The molecule has 0 fully saturated rings. The summed E-state index contributed by atoms with van der Waals surface area (Å²) < 4.78 is 29.4. The first-order valence-corrected chi connectivity index (χ1v) is 10.2. The molecule has 130 valence electrons. The monoisotopic (exact) mass is 421 g/mol. The Balaban J connectivity index is 1.59. The SMILES string of the molecule is CS(=O)(=O)c1ccc(OCCNc2ccnc3cc(Br)cnc23)cc1. The number of benzene rings is 1. The zero-order chi connectivity index (χ0) is 17.9. The van der Waals surface area contributed by atoms with Crippen LogP contribution < -0.4 is 10.1 Å². The Morgan fingerprint density at radius 1 is 1.16 bits per heavy atom. The normalized spacial score (nSPS) is 11.4. The van der Waals surface area contributed by atoms with E-state index in [1.165, 1.54) is 18.4 Å². The fourth-order valence-electron chi connectivity index (χ4n) is 2.29. The number of hydrogen-bond acceptors (Lipinski definition) is 6. The lowest BCUT2D eigenvalue weighted by Gasteiger charge is -2.10. The lowest BCUT2D eigenvalue weighted by Crippen LogP contribution is -2.12. The average Bonchev–Trinajstić information content (AvgIpc) is 2.58. The van der Waals surface area contributed by atoms with Gasteiger partial charge in [0.05, 0.1) is 16.1 Å². The van der Waals surface area contributed by atoms with Crippen LogP contribution in [0.2, 0.25) is 0 Å². The summed E-state index contributed by atoms with van der Waals surface area (Å²) >= 11 is 3.38. The van der Waals surface area contributed by atoms with Crippen LogP contribution in [0, 0.1) is 0 Å². The number of fused-ring (bicyclic) bond motifs is 1. The highest BCUT2D eigenvalue weighted by atomic mass is 79.9. The molecule has 0 aliphatic carbocycles. The van der Waals surface area contributed by atoms with Crippen molar-refractivity contribution in [1.29, 1.82) is 0 Å². The second-order valence-corrected chi connectivity index (χ2v) is 8.33. The molecule has 0 saturated heterocycles. The van der Waals surface area contributed by atoms with Crippen molar-refractivity contribution in [3.8, 4) is 5.75 Å². The predicted molar refractivity (Wildman–Crippen MR) is 101 cm³/mol. The fraction of sp³-hybridized carbons (Fsp3) is 0.176. The topological polar surface area (TPSA) is 81.2 Å². The number of nitrogens with zero attached hydrogens (tertiary/aromatic N) is 2. The largest absolute Gasteiger partial charge is 0.492 e. The quantitative estimate of drug-likeness (QED) is 0.614. The molecule has 8 heteroatoms. The van der Waals surface area contributed by atoms with Gasteiger partial charge in [0, 0.05) is 29.7 Å². The first-order valence-electron chi connectivity index (χ1n) is 7.50. The number of rotatable bonds is 6. The lowest BCUT2D eigenvalue weighted by molar-refractivity contribution is 0.332. The van der Waals surface area contributed by atoms with Gasteiger partial charge in [0.25, 0.3) is 0 Å². The average molecular weight is 422 g/mol. The molecule has 0 amide bonds. The number of halogens is 1. The molecule has 3 aromatic rings. The smallest absolute Gasteiger partial charge is 0.175 e. The maximum absolute atomic E-state index is 11.4. The number of hydrogen-bond donors (Lipinski definition) is 1. The summed E-state index contributed by atoms with van der Waals surface area (Å²) in [6, 6.07) is 10.2. The summed E-state index contributed by atoms with van der Waals surface area (Å²) in [7, 11) is -3.19. The van der Waals surface area contributed by atoms with Crippen LogP contribution in [0.15, 0.2) is 58.2 Å². The van der Waals surface area contributed by atoms with E-state index in [1.54, 1.807) is 24.5 Å². The van der Waals surface area contributed by atoms with Crippen molar-refractivity contribution in [2.24, 2.45) is 0 Å². The summed E-state index contributed by atoms with van der Waals surface area (Å²) in [5.74, 6) is 0.621. The number of nitrogens with one attached hydrogen (secondary N) is 1. The van der Waals surface area contributed by atoms with Gasteiger partial charge in [-0.2, -0.15) is 0 Å². The molecular weight excluding hydrogens is 406 g/mol. The molecule has 0 atom stereocenters. The molecular formula is C17H16BrN3O3S. The van der Waals surface area contributed by atoms with Crippen LogP contribution >= 0.6 is 15.9 Å². The minimum absolute atomic E-state index is 0.276. The second kappa shape index (κ2) is 7.37. The highest BCUT2D eigenvalue weighted by molar-refractivity contribution is 9.10. The van der Waals surface area contributed by atoms with E-state index in [2.05, 4.69) is 31.2 Å². The molecule has 0 spiro atoms. The first-order chi connectivity index (χ1) is 11.9. The van der Waals surface area contributed by atoms with Crippen molar-refractivity contribution in [3.63, 3.8) is 0 Å². The van der Waals surface area contributed by atoms with Crippen molar-refractivity contribution in [2.45, 2.75) is 4.90 Å². The molecule has 0 unspecified atom stereocenters. The van der Waals surface area contributed by atoms with Crippen LogP contribution in [0.3, 0.4) is 0 Å². The Morgan fingerprint density at radius 3 is 2.64 bits per heavy atom. The van der Waals surface area contributed by atoms with Crippen molar-refractivity contribution in [1.82, 2.24) is 9.97 Å². The lowest BCUT2D eigenvalue weighted by atomic mass is 10.3. The number of ether oxygens (including phenoxy) is 1. The molecule has 0 radical (unpaired) electrons. The molecule has 1 N–H and O–H groups in total. The van der Waals surface area contributed by atoms with Gasteiger partial charge < -0.3 is 10.1 Å². The predicted octanol–water partition coefficient (Wildman–Crippen LogP) is 3.29. The Kier molecular flexibility index (Phi) is 5.19. The van der Waals surface area contributed by atoms with Crippen LogP contribution in [-0.2, 0) is 9.84 Å². The zero-order valence-electron chi connectivity index (χ0n) is 13.4. The summed E-state index contributed by atoms with van der Waals surface area (Å²) in [6.45, 7) is 1.00. The van der Waals surface area contributed by atoms with E-state index in [0.717, 1.165) is 21.2 Å². The van der Waals surface area contributed by atoms with Crippen molar-refractivity contribution >= 4 is 42.5 Å². The Morgan fingerprint density at radius 2 is 1.92 bits per heavy atom. The van der Waals surface area contributed by atoms with Gasteiger partial charge in [-0.1, -0.05) is 0 Å². The van der Waals surface area contributed by atoms with Crippen LogP contribution in [0.4, 0.5) is 5.69 Å². The fourth-order valence-corrected chi connectivity index (χ4v) is 3.24. The maximum Gasteiger partial charge on any atom is 0.175 e. The third-order valence-corrected chi connectivity index (χ3v) is 5.04. The van der Waals surface area contributed by atoms with Crippen molar-refractivity contribution in [2.75, 3.05) is 24.7 Å². The standard InChI is InChI=1S/C17H16BrN3O3S/c1-25(22,23)14-4-2-13(3-5-14)24-9-8-20-15-6-7-19-16-10-12(18)11-21-17(15)16/h2-7,10-11H,8-9H2,1H3,(H,19,20). The molecule has 25 heavy (non-hydrogen) atoms. The molecule has 0 aliphatic heterocycles. The molecule has 2 heterocycles. The molecule has 0 bridgehead atoms. The molecule has 2 aromatic heterocycles. The summed E-state index contributed by atoms with van der Waals surface area (Å²) in [5, 5.41) is 3.27. The Labute approximate surface area is 154 Å². The van der Waals surface area contributed by atoms with Crippen molar-refractivity contribution < 1.29 is 13.2 Å². The van der Waals surface area contributed by atoms with Gasteiger partial charge in [0.1, 0.15) is 17.9 Å². The molecule has 0 saturated carbocycles. The number of sulfone groups is 1. The first kappa shape index (κ1) is 17.6. The Bertz CT molecular complexity index is 992. The van der Waals surface area contributed by atoms with Gasteiger partial charge >= 0.3 is 0 Å². The van der Waals surface area contributed by atoms with E-state index in [0.29, 0.717) is 18.9 Å². The molecule has 6 nitrogen and oxygen atoms in total. The molecule has 0 aliphatic rings. The van der Waals surface area contributed by atoms with Crippen LogP contribution in [-0.4, -0.2) is 37.8 Å². The number of aromatic nitrogens is 2. The number of pyridine rings is 2. The van der Waals surface area contributed by atoms with Crippen LogP contribution in [0.25, 0.3) is 11.0 Å². The third-order valence-electron chi connectivity index (χ3n) is 3.48. The van der Waals surface area contributed by atoms with Gasteiger partial charge in [0.15, 0.2) is 9.84 Å². The molecule has 3 rings (SSSR count). The van der Waals surface area contributed by atoms with E-state index < -0.39 is 9.84 Å². The molecule has 1 aromatic carbocycles. The number of anilines is 1. The minimum atomic E-state index is -3.19. The highest BCUT2D eigenvalue weighted by Gasteiger charge is 2.07. The van der Waals surface area contributed by atoms with E-state index in [1.807, 2.05) is 12.1 Å². The third kappa shape index (κ3) is 4.46. The van der Waals surface area contributed by atoms with E-state index in [9.17, 15) is 8.42 Å². The van der Waals surface area contributed by atoms with Gasteiger partial charge in [-0.15, -0.1) is 0 Å². The van der Waals surface area contributed by atoms with Gasteiger partial charge in [-0.05, 0) is 52.3 Å². The summed E-state index contributed by atoms with van der Waals surface area (Å²) in [5.41, 5.74) is 2.48. The van der Waals surface area contributed by atoms with Gasteiger partial charge in [0.2, 0.25) is 0 Å². The maximum atomic E-state index is 11.4. The van der Waals surface area contributed by atoms with E-state index >= 15 is 0 Å². The van der Waals surface area contributed by atoms with Crippen LogP contribution in [0.1, 0.15) is 0 Å².